The number of aromatic nitrogens is 2. The van der Waals surface area contributed by atoms with E-state index < -0.39 is 0 Å². The Balaban J connectivity index is 2.12. The van der Waals surface area contributed by atoms with Crippen molar-refractivity contribution < 1.29 is 0 Å². The van der Waals surface area contributed by atoms with Crippen LogP contribution in [0.2, 0.25) is 0 Å². The van der Waals surface area contributed by atoms with Crippen LogP contribution < -0.4 is 10.9 Å². The first-order valence-electron chi connectivity index (χ1n) is 6.08. The Kier molecular flexibility index (Phi) is 4.99. The second kappa shape index (κ2) is 6.73. The lowest BCUT2D eigenvalue weighted by Gasteiger charge is -2.15. The summed E-state index contributed by atoms with van der Waals surface area (Å²) in [6.45, 7) is 2.24. The van der Waals surface area contributed by atoms with Crippen LogP contribution in [-0.2, 0) is 13.0 Å². The lowest BCUT2D eigenvalue weighted by molar-refractivity contribution is 0.657. The molecule has 2 rings (SSSR count). The van der Waals surface area contributed by atoms with Crippen molar-refractivity contribution in [1.29, 1.82) is 0 Å². The summed E-state index contributed by atoms with van der Waals surface area (Å²) in [5.74, 6) is 2.40. The minimum absolute atomic E-state index is 0.169. The predicted octanol–water partition coefficient (Wildman–Crippen LogP) is 2.74. The van der Waals surface area contributed by atoms with E-state index >= 15 is 0 Å². The zero-order valence-electron chi connectivity index (χ0n) is 11.0. The van der Waals surface area contributed by atoms with Crippen molar-refractivity contribution in [2.24, 2.45) is 0 Å². The van der Waals surface area contributed by atoms with Gasteiger partial charge in [-0.25, -0.2) is 4.68 Å². The maximum Gasteiger partial charge on any atom is 0.284 e. The summed E-state index contributed by atoms with van der Waals surface area (Å²) in [4.78, 5) is 12.0. The number of nitrogens with one attached hydrogen (secondary N) is 1. The van der Waals surface area contributed by atoms with Crippen LogP contribution in [0.15, 0.2) is 32.3 Å². The molecule has 0 bridgehead atoms. The molecular weight excluding hydrogens is 338 g/mol. The van der Waals surface area contributed by atoms with Gasteiger partial charge in [-0.3, -0.25) is 4.79 Å². The minimum atomic E-state index is -0.226. The van der Waals surface area contributed by atoms with Gasteiger partial charge in [-0.15, -0.1) is 6.42 Å². The molecule has 0 saturated heterocycles. The summed E-state index contributed by atoms with van der Waals surface area (Å²) in [5, 5.41) is 11.5. The summed E-state index contributed by atoms with van der Waals surface area (Å²) in [7, 11) is 0. The molecule has 0 aliphatic heterocycles. The summed E-state index contributed by atoms with van der Waals surface area (Å²) < 4.78 is 1.71. The number of nitrogens with zero attached hydrogens (tertiary/aromatic N) is 2. The Morgan fingerprint density at radius 3 is 3.10 bits per heavy atom. The molecule has 1 unspecified atom stereocenters. The number of thiophene rings is 1. The molecule has 0 aliphatic carbocycles. The lowest BCUT2D eigenvalue weighted by Crippen LogP contribution is -2.26. The molecule has 0 saturated carbocycles. The second-order valence-corrected chi connectivity index (χ2v) is 5.99. The van der Waals surface area contributed by atoms with Crippen molar-refractivity contribution >= 4 is 33.0 Å². The van der Waals surface area contributed by atoms with Crippen LogP contribution in [0.5, 0.6) is 0 Å². The second-order valence-electron chi connectivity index (χ2n) is 4.42. The molecule has 0 aromatic carbocycles. The minimum Gasteiger partial charge on any atom is -0.380 e. The zero-order valence-corrected chi connectivity index (χ0v) is 13.4. The molecule has 2 aromatic rings. The normalized spacial score (nSPS) is 11.8. The lowest BCUT2D eigenvalue weighted by atomic mass is 10.1. The van der Waals surface area contributed by atoms with Gasteiger partial charge in [-0.2, -0.15) is 16.4 Å². The van der Waals surface area contributed by atoms with Crippen LogP contribution in [0, 0.1) is 12.3 Å². The highest BCUT2D eigenvalue weighted by molar-refractivity contribution is 9.10. The number of hydrogen-bond acceptors (Lipinski definition) is 4. The van der Waals surface area contributed by atoms with E-state index in [-0.39, 0.29) is 18.1 Å². The Labute approximate surface area is 130 Å². The highest BCUT2D eigenvalue weighted by Crippen LogP contribution is 2.18. The molecule has 6 heteroatoms. The van der Waals surface area contributed by atoms with E-state index in [1.807, 2.05) is 0 Å². The third-order valence-corrected chi connectivity index (χ3v) is 4.25. The number of terminal acetylenes is 1. The molecule has 0 radical (unpaired) electrons. The van der Waals surface area contributed by atoms with E-state index in [0.29, 0.717) is 10.2 Å². The molecule has 104 valence electrons. The van der Waals surface area contributed by atoms with Gasteiger partial charge in [0.25, 0.3) is 5.56 Å². The molecule has 2 aromatic heterocycles. The third kappa shape index (κ3) is 3.50. The topological polar surface area (TPSA) is 46.9 Å². The van der Waals surface area contributed by atoms with Gasteiger partial charge in [0.15, 0.2) is 0 Å². The van der Waals surface area contributed by atoms with E-state index in [0.717, 1.165) is 6.42 Å². The van der Waals surface area contributed by atoms with Gasteiger partial charge < -0.3 is 5.32 Å². The van der Waals surface area contributed by atoms with Gasteiger partial charge in [-0.05, 0) is 51.7 Å². The average molecular weight is 352 g/mol. The third-order valence-electron chi connectivity index (χ3n) is 2.75. The monoisotopic (exact) mass is 351 g/mol. The van der Waals surface area contributed by atoms with Crippen LogP contribution in [0.1, 0.15) is 12.5 Å². The molecule has 1 N–H and O–H groups in total. The SMILES string of the molecule is C#CCn1ncc(NC(C)Cc2ccsc2)c(Br)c1=O. The van der Waals surface area contributed by atoms with Crippen LogP contribution in [0.3, 0.4) is 0 Å². The van der Waals surface area contributed by atoms with Gasteiger partial charge in [0.1, 0.15) is 11.0 Å². The van der Waals surface area contributed by atoms with E-state index in [2.05, 4.69) is 56.0 Å². The van der Waals surface area contributed by atoms with Gasteiger partial charge in [0.2, 0.25) is 0 Å². The number of hydrogen-bond donors (Lipinski definition) is 1. The summed E-state index contributed by atoms with van der Waals surface area (Å²) in [5.41, 5.74) is 1.74. The number of halogens is 1. The Morgan fingerprint density at radius 1 is 1.65 bits per heavy atom. The van der Waals surface area contributed by atoms with Crippen molar-refractivity contribution in [1.82, 2.24) is 9.78 Å². The molecule has 1 atom stereocenters. The molecule has 4 nitrogen and oxygen atoms in total. The zero-order chi connectivity index (χ0) is 14.5. The van der Waals surface area contributed by atoms with Crippen LogP contribution in [0.4, 0.5) is 5.69 Å². The standard InChI is InChI=1S/C14H14BrN3OS/c1-3-5-18-14(19)13(15)12(8-16-18)17-10(2)7-11-4-6-20-9-11/h1,4,6,8-10,17H,5,7H2,2H3. The molecule has 0 spiro atoms. The van der Waals surface area contributed by atoms with Crippen LogP contribution in [0.25, 0.3) is 0 Å². The first-order chi connectivity index (χ1) is 9.61. The Hall–Kier alpha value is -1.58. The summed E-state index contributed by atoms with van der Waals surface area (Å²) in [6, 6.07) is 2.30. The molecule has 0 aliphatic rings. The average Bonchev–Trinajstić information content (AvgIpc) is 2.91. The fraction of sp³-hybridized carbons (Fsp3) is 0.286. The molecule has 0 amide bonds. The van der Waals surface area contributed by atoms with Gasteiger partial charge in [0, 0.05) is 6.04 Å². The van der Waals surface area contributed by atoms with Crippen molar-refractivity contribution in [2.75, 3.05) is 5.32 Å². The molecule has 0 fully saturated rings. The van der Waals surface area contributed by atoms with Crippen molar-refractivity contribution in [3.05, 3.63) is 43.4 Å². The van der Waals surface area contributed by atoms with Gasteiger partial charge in [-0.1, -0.05) is 5.92 Å². The maximum absolute atomic E-state index is 12.0. The van der Waals surface area contributed by atoms with Crippen LogP contribution in [-0.4, -0.2) is 15.8 Å². The number of anilines is 1. The first kappa shape index (κ1) is 14.8. The molecule has 2 heterocycles. The smallest absolute Gasteiger partial charge is 0.284 e. The van der Waals surface area contributed by atoms with Crippen LogP contribution >= 0.6 is 27.3 Å². The summed E-state index contributed by atoms with van der Waals surface area (Å²) >= 11 is 4.98. The van der Waals surface area contributed by atoms with E-state index in [9.17, 15) is 4.79 Å². The van der Waals surface area contributed by atoms with E-state index in [1.54, 1.807) is 17.5 Å². The van der Waals surface area contributed by atoms with Gasteiger partial charge in [0.05, 0.1) is 11.9 Å². The molecule has 20 heavy (non-hydrogen) atoms. The van der Waals surface area contributed by atoms with E-state index in [4.69, 9.17) is 6.42 Å². The van der Waals surface area contributed by atoms with Gasteiger partial charge >= 0.3 is 0 Å². The van der Waals surface area contributed by atoms with Crippen molar-refractivity contribution in [3.8, 4) is 12.3 Å². The van der Waals surface area contributed by atoms with Crippen molar-refractivity contribution in [2.45, 2.75) is 25.9 Å². The maximum atomic E-state index is 12.0. The largest absolute Gasteiger partial charge is 0.380 e. The quantitative estimate of drug-likeness (QED) is 0.842. The predicted molar refractivity (Wildman–Crippen MR) is 86.1 cm³/mol. The first-order valence-corrected chi connectivity index (χ1v) is 7.82. The Bertz CT molecular complexity index is 673. The number of rotatable bonds is 5. The summed E-state index contributed by atoms with van der Waals surface area (Å²) in [6.07, 6.45) is 7.70. The highest BCUT2D eigenvalue weighted by atomic mass is 79.9. The van der Waals surface area contributed by atoms with E-state index in [1.165, 1.54) is 10.2 Å². The van der Waals surface area contributed by atoms with Crippen molar-refractivity contribution in [3.63, 3.8) is 0 Å². The Morgan fingerprint density at radius 2 is 2.45 bits per heavy atom. The highest BCUT2D eigenvalue weighted by Gasteiger charge is 2.11. The molecular formula is C14H14BrN3OS. The fourth-order valence-corrected chi connectivity index (χ4v) is 2.95. The fourth-order valence-electron chi connectivity index (χ4n) is 1.84.